The van der Waals surface area contributed by atoms with Crippen molar-refractivity contribution < 1.29 is 0 Å². The zero-order valence-electron chi connectivity index (χ0n) is 12.8. The maximum atomic E-state index is 4.17. The molecule has 1 rings (SSSR count). The maximum absolute atomic E-state index is 4.17. The Kier molecular flexibility index (Phi) is 7.56. The molecule has 2 unspecified atom stereocenters. The minimum Gasteiger partial charge on any atom is -0.356 e. The highest BCUT2D eigenvalue weighted by atomic mass is 15.2. The first kappa shape index (κ1) is 16.0. The summed E-state index contributed by atoms with van der Waals surface area (Å²) in [7, 11) is 1.80. The monoisotopic (exact) mass is 266 g/mol. The number of nitrogens with zero attached hydrogens (tertiary/aromatic N) is 2. The molecule has 0 amide bonds. The Bertz CT molecular complexity index is 278. The summed E-state index contributed by atoms with van der Waals surface area (Å²) in [6, 6.07) is 0. The van der Waals surface area contributed by atoms with Gasteiger partial charge in [-0.1, -0.05) is 19.9 Å². The SMILES string of the molecule is C=CCNC(=NC)NCCCN1CC(C)CC(C)C1. The number of likely N-dealkylation sites (tertiary alicyclic amines) is 1. The average molecular weight is 266 g/mol. The van der Waals surface area contributed by atoms with Crippen LogP contribution < -0.4 is 10.6 Å². The van der Waals surface area contributed by atoms with E-state index in [1.807, 2.05) is 6.08 Å². The van der Waals surface area contributed by atoms with Gasteiger partial charge in [0.2, 0.25) is 0 Å². The molecule has 4 heteroatoms. The molecule has 4 nitrogen and oxygen atoms in total. The van der Waals surface area contributed by atoms with Crippen LogP contribution in [0.4, 0.5) is 0 Å². The lowest BCUT2D eigenvalue weighted by Gasteiger charge is -2.35. The Morgan fingerprint density at radius 1 is 1.32 bits per heavy atom. The molecule has 0 saturated carbocycles. The lowest BCUT2D eigenvalue weighted by Crippen LogP contribution is -2.41. The second-order valence-corrected chi connectivity index (χ2v) is 5.73. The second kappa shape index (κ2) is 8.97. The third kappa shape index (κ3) is 6.62. The first-order valence-electron chi connectivity index (χ1n) is 7.43. The van der Waals surface area contributed by atoms with E-state index in [0.29, 0.717) is 0 Å². The van der Waals surface area contributed by atoms with Crippen molar-refractivity contribution >= 4 is 5.96 Å². The smallest absolute Gasteiger partial charge is 0.191 e. The molecule has 1 aliphatic heterocycles. The van der Waals surface area contributed by atoms with Crippen LogP contribution in [0.25, 0.3) is 0 Å². The summed E-state index contributed by atoms with van der Waals surface area (Å²) in [4.78, 5) is 6.76. The van der Waals surface area contributed by atoms with Crippen molar-refractivity contribution in [2.75, 3.05) is 39.8 Å². The van der Waals surface area contributed by atoms with Gasteiger partial charge >= 0.3 is 0 Å². The zero-order chi connectivity index (χ0) is 14.1. The molecule has 0 aliphatic carbocycles. The van der Waals surface area contributed by atoms with Gasteiger partial charge in [0.05, 0.1) is 0 Å². The molecule has 1 heterocycles. The Hall–Kier alpha value is -1.03. The largest absolute Gasteiger partial charge is 0.356 e. The molecule has 0 spiro atoms. The standard InChI is InChI=1S/C15H30N4/c1-5-7-17-15(16-4)18-8-6-9-19-11-13(2)10-14(3)12-19/h5,13-14H,1,6-12H2,2-4H3,(H2,16,17,18). The molecular weight excluding hydrogens is 236 g/mol. The molecule has 0 aromatic rings. The van der Waals surface area contributed by atoms with Crippen molar-refractivity contribution in [2.24, 2.45) is 16.8 Å². The van der Waals surface area contributed by atoms with Gasteiger partial charge in [-0.2, -0.15) is 0 Å². The van der Waals surface area contributed by atoms with E-state index in [4.69, 9.17) is 0 Å². The fraction of sp³-hybridized carbons (Fsp3) is 0.800. The number of hydrogen-bond donors (Lipinski definition) is 2. The van der Waals surface area contributed by atoms with Crippen LogP contribution >= 0.6 is 0 Å². The Morgan fingerprint density at radius 3 is 2.58 bits per heavy atom. The van der Waals surface area contributed by atoms with Gasteiger partial charge in [0.25, 0.3) is 0 Å². The third-order valence-corrected chi connectivity index (χ3v) is 3.53. The van der Waals surface area contributed by atoms with Crippen molar-refractivity contribution in [3.8, 4) is 0 Å². The molecule has 2 atom stereocenters. The maximum Gasteiger partial charge on any atom is 0.191 e. The fourth-order valence-electron chi connectivity index (χ4n) is 2.87. The zero-order valence-corrected chi connectivity index (χ0v) is 12.8. The van der Waals surface area contributed by atoms with Crippen LogP contribution in [0, 0.1) is 11.8 Å². The first-order valence-corrected chi connectivity index (χ1v) is 7.43. The van der Waals surface area contributed by atoms with E-state index in [9.17, 15) is 0 Å². The van der Waals surface area contributed by atoms with Gasteiger partial charge in [0, 0.05) is 33.2 Å². The predicted octanol–water partition coefficient (Wildman–Crippen LogP) is 1.71. The second-order valence-electron chi connectivity index (χ2n) is 5.73. The van der Waals surface area contributed by atoms with Crippen molar-refractivity contribution in [2.45, 2.75) is 26.7 Å². The van der Waals surface area contributed by atoms with Crippen LogP contribution in [-0.4, -0.2) is 50.6 Å². The van der Waals surface area contributed by atoms with Crippen molar-refractivity contribution in [3.63, 3.8) is 0 Å². The van der Waals surface area contributed by atoms with Gasteiger partial charge in [0.15, 0.2) is 5.96 Å². The summed E-state index contributed by atoms with van der Waals surface area (Å²) >= 11 is 0. The Balaban J connectivity index is 2.14. The molecule has 1 aliphatic rings. The lowest BCUT2D eigenvalue weighted by atomic mass is 9.92. The minimum absolute atomic E-state index is 0.751. The number of aliphatic imine (C=N–C) groups is 1. The summed E-state index contributed by atoms with van der Waals surface area (Å²) in [6.07, 6.45) is 4.38. The van der Waals surface area contributed by atoms with E-state index in [0.717, 1.165) is 37.3 Å². The van der Waals surface area contributed by atoms with Crippen molar-refractivity contribution in [3.05, 3.63) is 12.7 Å². The number of guanidine groups is 1. The summed E-state index contributed by atoms with van der Waals surface area (Å²) in [6.45, 7) is 13.8. The molecule has 19 heavy (non-hydrogen) atoms. The van der Waals surface area contributed by atoms with Crippen LogP contribution in [0.15, 0.2) is 17.6 Å². The Labute approximate surface area is 118 Å². The van der Waals surface area contributed by atoms with Crippen molar-refractivity contribution in [1.82, 2.24) is 15.5 Å². The van der Waals surface area contributed by atoms with E-state index in [-0.39, 0.29) is 0 Å². The molecule has 110 valence electrons. The van der Waals surface area contributed by atoms with Gasteiger partial charge < -0.3 is 15.5 Å². The van der Waals surface area contributed by atoms with Gasteiger partial charge in [-0.3, -0.25) is 4.99 Å². The number of rotatable bonds is 6. The normalized spacial score (nSPS) is 25.1. The summed E-state index contributed by atoms with van der Waals surface area (Å²) in [5, 5.41) is 6.51. The van der Waals surface area contributed by atoms with Gasteiger partial charge in [-0.25, -0.2) is 0 Å². The highest BCUT2D eigenvalue weighted by molar-refractivity contribution is 5.79. The number of piperidine rings is 1. The van der Waals surface area contributed by atoms with Crippen LogP contribution in [-0.2, 0) is 0 Å². The molecule has 2 N–H and O–H groups in total. The highest BCUT2D eigenvalue weighted by Gasteiger charge is 2.20. The number of hydrogen-bond acceptors (Lipinski definition) is 2. The summed E-state index contributed by atoms with van der Waals surface area (Å²) < 4.78 is 0. The first-order chi connectivity index (χ1) is 9.15. The molecule has 0 aromatic heterocycles. The quantitative estimate of drug-likeness (QED) is 0.333. The predicted molar refractivity (Wildman–Crippen MR) is 83.6 cm³/mol. The van der Waals surface area contributed by atoms with Gasteiger partial charge in [-0.05, 0) is 31.2 Å². The molecular formula is C15H30N4. The third-order valence-electron chi connectivity index (χ3n) is 3.53. The van der Waals surface area contributed by atoms with E-state index >= 15 is 0 Å². The Morgan fingerprint density at radius 2 is 2.00 bits per heavy atom. The van der Waals surface area contributed by atoms with E-state index in [2.05, 4.69) is 41.0 Å². The fourth-order valence-corrected chi connectivity index (χ4v) is 2.87. The van der Waals surface area contributed by atoms with E-state index in [1.54, 1.807) is 7.05 Å². The molecule has 1 fully saturated rings. The van der Waals surface area contributed by atoms with Crippen LogP contribution in [0.2, 0.25) is 0 Å². The van der Waals surface area contributed by atoms with Crippen LogP contribution in [0.3, 0.4) is 0 Å². The van der Waals surface area contributed by atoms with E-state index < -0.39 is 0 Å². The lowest BCUT2D eigenvalue weighted by molar-refractivity contribution is 0.140. The summed E-state index contributed by atoms with van der Waals surface area (Å²) in [5.74, 6) is 2.55. The molecule has 1 saturated heterocycles. The van der Waals surface area contributed by atoms with Crippen molar-refractivity contribution in [1.29, 1.82) is 0 Å². The van der Waals surface area contributed by atoms with Gasteiger partial charge in [-0.15, -0.1) is 6.58 Å². The molecule has 0 radical (unpaired) electrons. The number of nitrogens with one attached hydrogen (secondary N) is 2. The van der Waals surface area contributed by atoms with Crippen LogP contribution in [0.1, 0.15) is 26.7 Å². The van der Waals surface area contributed by atoms with E-state index in [1.165, 1.54) is 26.1 Å². The average Bonchev–Trinajstić information content (AvgIpc) is 2.37. The molecule has 0 bridgehead atoms. The van der Waals surface area contributed by atoms with Gasteiger partial charge in [0.1, 0.15) is 0 Å². The molecule has 0 aromatic carbocycles. The summed E-state index contributed by atoms with van der Waals surface area (Å²) in [5.41, 5.74) is 0. The van der Waals surface area contributed by atoms with Crippen LogP contribution in [0.5, 0.6) is 0 Å². The topological polar surface area (TPSA) is 39.7 Å². The minimum atomic E-state index is 0.751. The highest BCUT2D eigenvalue weighted by Crippen LogP contribution is 2.20.